The van der Waals surface area contributed by atoms with Gasteiger partial charge >= 0.3 is 0 Å². The Morgan fingerprint density at radius 2 is 2.18 bits per heavy atom. The topological polar surface area (TPSA) is 59.0 Å². The van der Waals surface area contributed by atoms with Gasteiger partial charge in [-0.25, -0.2) is 4.68 Å². The predicted molar refractivity (Wildman–Crippen MR) is 73.6 cm³/mol. The normalized spacial score (nSPS) is 10.9. The van der Waals surface area contributed by atoms with Crippen LogP contribution in [0.4, 0.5) is 5.69 Å². The highest BCUT2D eigenvalue weighted by Crippen LogP contribution is 2.16. The molecule has 1 aromatic rings. The highest BCUT2D eigenvalue weighted by atomic mass is 79.9. The second-order valence-electron chi connectivity index (χ2n) is 4.00. The van der Waals surface area contributed by atoms with Crippen molar-refractivity contribution in [2.45, 2.75) is 26.8 Å². The summed E-state index contributed by atoms with van der Waals surface area (Å²) in [6, 6.07) is 0.0645. The molecule has 0 saturated carbocycles. The molecular formula is C11H19BrN4O. The maximum absolute atomic E-state index is 11.9. The fourth-order valence-corrected chi connectivity index (χ4v) is 1.82. The highest BCUT2D eigenvalue weighted by molar-refractivity contribution is 9.10. The van der Waals surface area contributed by atoms with E-state index < -0.39 is 0 Å². The lowest BCUT2D eigenvalue weighted by Gasteiger charge is -2.12. The van der Waals surface area contributed by atoms with Crippen molar-refractivity contribution < 1.29 is 0 Å². The first-order valence-electron chi connectivity index (χ1n) is 5.79. The summed E-state index contributed by atoms with van der Waals surface area (Å²) in [4.78, 5) is 11.9. The number of hydrogen-bond donors (Lipinski definition) is 2. The van der Waals surface area contributed by atoms with Crippen molar-refractivity contribution in [1.29, 1.82) is 0 Å². The number of nitrogens with one attached hydrogen (secondary N) is 2. The van der Waals surface area contributed by atoms with Crippen LogP contribution in [-0.2, 0) is 0 Å². The second kappa shape index (κ2) is 6.76. The molecule has 0 unspecified atom stereocenters. The zero-order chi connectivity index (χ0) is 12.8. The Bertz CT molecular complexity index is 416. The van der Waals surface area contributed by atoms with E-state index >= 15 is 0 Å². The Morgan fingerprint density at radius 1 is 1.47 bits per heavy atom. The van der Waals surface area contributed by atoms with Gasteiger partial charge in [0.25, 0.3) is 5.56 Å². The third-order valence-corrected chi connectivity index (χ3v) is 3.07. The molecule has 0 aliphatic rings. The van der Waals surface area contributed by atoms with Crippen LogP contribution in [0.15, 0.2) is 15.5 Å². The van der Waals surface area contributed by atoms with Crippen LogP contribution in [0, 0.1) is 0 Å². The molecule has 0 atom stereocenters. The molecular weight excluding hydrogens is 284 g/mol. The van der Waals surface area contributed by atoms with E-state index in [-0.39, 0.29) is 11.6 Å². The maximum Gasteiger partial charge on any atom is 0.283 e. The van der Waals surface area contributed by atoms with Gasteiger partial charge in [-0.2, -0.15) is 5.10 Å². The minimum Gasteiger partial charge on any atom is -0.381 e. The van der Waals surface area contributed by atoms with Gasteiger partial charge in [-0.15, -0.1) is 0 Å². The SMILES string of the molecule is CCNCCNc1cnn(C(C)C)c(=O)c1Br. The van der Waals surface area contributed by atoms with Gasteiger partial charge in [-0.1, -0.05) is 6.92 Å². The van der Waals surface area contributed by atoms with Crippen molar-refractivity contribution in [2.24, 2.45) is 0 Å². The highest BCUT2D eigenvalue weighted by Gasteiger charge is 2.09. The maximum atomic E-state index is 11.9. The number of anilines is 1. The van der Waals surface area contributed by atoms with Gasteiger partial charge in [0, 0.05) is 13.1 Å². The van der Waals surface area contributed by atoms with E-state index in [1.165, 1.54) is 4.68 Å². The van der Waals surface area contributed by atoms with E-state index in [4.69, 9.17) is 0 Å². The fourth-order valence-electron chi connectivity index (χ4n) is 1.40. The molecule has 0 aliphatic carbocycles. The molecule has 5 nitrogen and oxygen atoms in total. The minimum absolute atomic E-state index is 0.0645. The van der Waals surface area contributed by atoms with Gasteiger partial charge in [-0.3, -0.25) is 4.79 Å². The van der Waals surface area contributed by atoms with Crippen LogP contribution >= 0.6 is 15.9 Å². The molecule has 96 valence electrons. The lowest BCUT2D eigenvalue weighted by atomic mass is 10.4. The molecule has 0 aliphatic heterocycles. The van der Waals surface area contributed by atoms with Crippen molar-refractivity contribution in [3.8, 4) is 0 Å². The van der Waals surface area contributed by atoms with Crippen molar-refractivity contribution in [2.75, 3.05) is 25.0 Å². The lowest BCUT2D eigenvalue weighted by Crippen LogP contribution is -2.27. The summed E-state index contributed by atoms with van der Waals surface area (Å²) in [7, 11) is 0. The molecule has 6 heteroatoms. The van der Waals surface area contributed by atoms with Gasteiger partial charge in [-0.05, 0) is 36.3 Å². The molecule has 0 spiro atoms. The van der Waals surface area contributed by atoms with Crippen LogP contribution in [-0.4, -0.2) is 29.4 Å². The van der Waals surface area contributed by atoms with Crippen LogP contribution in [0.2, 0.25) is 0 Å². The molecule has 1 rings (SSSR count). The van der Waals surface area contributed by atoms with Gasteiger partial charge in [0.2, 0.25) is 0 Å². The Morgan fingerprint density at radius 3 is 2.76 bits per heavy atom. The van der Waals surface area contributed by atoms with Crippen molar-refractivity contribution in [3.05, 3.63) is 21.0 Å². The third kappa shape index (κ3) is 3.81. The van der Waals surface area contributed by atoms with Crippen molar-refractivity contribution >= 4 is 21.6 Å². The molecule has 0 radical (unpaired) electrons. The molecule has 1 aromatic heterocycles. The number of hydrogen-bond acceptors (Lipinski definition) is 4. The van der Waals surface area contributed by atoms with E-state index in [1.54, 1.807) is 6.20 Å². The summed E-state index contributed by atoms with van der Waals surface area (Å²) in [5.41, 5.74) is 0.637. The van der Waals surface area contributed by atoms with Gasteiger partial charge in [0.1, 0.15) is 4.47 Å². The van der Waals surface area contributed by atoms with Crippen molar-refractivity contribution in [3.63, 3.8) is 0 Å². The molecule has 0 aromatic carbocycles. The van der Waals surface area contributed by atoms with Gasteiger partial charge in [0.15, 0.2) is 0 Å². The van der Waals surface area contributed by atoms with Crippen LogP contribution in [0.25, 0.3) is 0 Å². The summed E-state index contributed by atoms with van der Waals surface area (Å²) in [5, 5.41) is 10.5. The molecule has 0 fully saturated rings. The quantitative estimate of drug-likeness (QED) is 0.784. The number of halogens is 1. The molecule has 0 amide bonds. The zero-order valence-electron chi connectivity index (χ0n) is 10.5. The molecule has 2 N–H and O–H groups in total. The molecule has 1 heterocycles. The summed E-state index contributed by atoms with van der Waals surface area (Å²) < 4.78 is 2.00. The Labute approximate surface area is 110 Å². The monoisotopic (exact) mass is 302 g/mol. The Hall–Kier alpha value is -0.880. The lowest BCUT2D eigenvalue weighted by molar-refractivity contribution is 0.501. The van der Waals surface area contributed by atoms with E-state index in [1.807, 2.05) is 13.8 Å². The number of likely N-dealkylation sites (N-methyl/N-ethyl adjacent to an activating group) is 1. The summed E-state index contributed by atoms with van der Waals surface area (Å²) in [5.74, 6) is 0. The van der Waals surface area contributed by atoms with E-state index in [0.717, 1.165) is 25.3 Å². The first-order valence-corrected chi connectivity index (χ1v) is 6.59. The van der Waals surface area contributed by atoms with Gasteiger partial charge < -0.3 is 10.6 Å². The second-order valence-corrected chi connectivity index (χ2v) is 4.79. The standard InChI is InChI=1S/C11H19BrN4O/c1-4-13-5-6-14-9-7-15-16(8(2)3)11(17)10(9)12/h7-8,13-14H,4-6H2,1-3H3. The average molecular weight is 303 g/mol. The van der Waals surface area contributed by atoms with Crippen molar-refractivity contribution in [1.82, 2.24) is 15.1 Å². The van der Waals surface area contributed by atoms with Crippen LogP contribution in [0.3, 0.4) is 0 Å². The number of nitrogens with zero attached hydrogens (tertiary/aromatic N) is 2. The Kier molecular flexibility index (Phi) is 5.64. The zero-order valence-corrected chi connectivity index (χ0v) is 12.0. The van der Waals surface area contributed by atoms with E-state index in [0.29, 0.717) is 4.47 Å². The van der Waals surface area contributed by atoms with Crippen LogP contribution < -0.4 is 16.2 Å². The summed E-state index contributed by atoms with van der Waals surface area (Å²) in [6.45, 7) is 8.48. The summed E-state index contributed by atoms with van der Waals surface area (Å²) >= 11 is 3.31. The predicted octanol–water partition coefficient (Wildman–Crippen LogP) is 1.61. The fraction of sp³-hybridized carbons (Fsp3) is 0.636. The molecule has 0 saturated heterocycles. The third-order valence-electron chi connectivity index (χ3n) is 2.30. The van der Waals surface area contributed by atoms with Crippen LogP contribution in [0.5, 0.6) is 0 Å². The van der Waals surface area contributed by atoms with Gasteiger partial charge in [0.05, 0.1) is 17.9 Å². The van der Waals surface area contributed by atoms with Crippen LogP contribution in [0.1, 0.15) is 26.8 Å². The number of rotatable bonds is 6. The first-order chi connectivity index (χ1) is 8.07. The number of aromatic nitrogens is 2. The van der Waals surface area contributed by atoms with E-state index in [2.05, 4.69) is 38.6 Å². The average Bonchev–Trinajstić information content (AvgIpc) is 2.29. The molecule has 17 heavy (non-hydrogen) atoms. The summed E-state index contributed by atoms with van der Waals surface area (Å²) in [6.07, 6.45) is 1.68. The Balaban J connectivity index is 2.75. The smallest absolute Gasteiger partial charge is 0.283 e. The molecule has 0 bridgehead atoms. The largest absolute Gasteiger partial charge is 0.381 e. The van der Waals surface area contributed by atoms with E-state index in [9.17, 15) is 4.79 Å². The minimum atomic E-state index is -0.103. The first kappa shape index (κ1) is 14.2.